The number of halogens is 2. The second kappa shape index (κ2) is 9.19. The molecule has 3 aromatic rings. The molecule has 0 bridgehead atoms. The van der Waals surface area contributed by atoms with Gasteiger partial charge in [0.05, 0.1) is 28.5 Å². The Morgan fingerprint density at radius 2 is 1.71 bits per heavy atom. The van der Waals surface area contributed by atoms with E-state index in [-0.39, 0.29) is 10.4 Å². The van der Waals surface area contributed by atoms with Crippen LogP contribution in [-0.4, -0.2) is 24.5 Å². The van der Waals surface area contributed by atoms with Gasteiger partial charge in [-0.2, -0.15) is 0 Å². The Morgan fingerprint density at radius 3 is 2.38 bits per heavy atom. The molecule has 2 saturated heterocycles. The number of fused-ring (bicyclic) bond motifs is 1. The SMILES string of the molecule is CCCOc1ccc(N2C(=O)C3ON(c4ccccc4)C(c4ccc(F)c(Br)c4)C3C2=O)cc1. The highest BCUT2D eigenvalue weighted by molar-refractivity contribution is 9.10. The van der Waals surface area contributed by atoms with Gasteiger partial charge in [0.15, 0.2) is 6.10 Å². The Bertz CT molecular complexity index is 1220. The minimum absolute atomic E-state index is 0.276. The van der Waals surface area contributed by atoms with E-state index in [0.29, 0.717) is 29.3 Å². The van der Waals surface area contributed by atoms with E-state index in [9.17, 15) is 14.0 Å². The first-order valence-corrected chi connectivity index (χ1v) is 11.9. The van der Waals surface area contributed by atoms with Gasteiger partial charge in [0.2, 0.25) is 5.91 Å². The molecule has 0 saturated carbocycles. The van der Waals surface area contributed by atoms with E-state index in [2.05, 4.69) is 15.9 Å². The average molecular weight is 525 g/mol. The monoisotopic (exact) mass is 524 g/mol. The van der Waals surface area contributed by atoms with E-state index < -0.39 is 29.8 Å². The van der Waals surface area contributed by atoms with E-state index in [0.717, 1.165) is 6.42 Å². The zero-order valence-corrected chi connectivity index (χ0v) is 19.9. The van der Waals surface area contributed by atoms with E-state index >= 15 is 0 Å². The molecule has 3 aromatic carbocycles. The molecule has 2 heterocycles. The van der Waals surface area contributed by atoms with Gasteiger partial charge >= 0.3 is 0 Å². The summed E-state index contributed by atoms with van der Waals surface area (Å²) >= 11 is 3.23. The molecule has 5 rings (SSSR count). The van der Waals surface area contributed by atoms with Crippen molar-refractivity contribution >= 4 is 39.1 Å². The van der Waals surface area contributed by atoms with Crippen molar-refractivity contribution in [2.45, 2.75) is 25.5 Å². The van der Waals surface area contributed by atoms with Gasteiger partial charge in [-0.15, -0.1) is 0 Å². The number of benzene rings is 3. The maximum absolute atomic E-state index is 14.0. The molecule has 2 fully saturated rings. The molecule has 3 atom stereocenters. The van der Waals surface area contributed by atoms with E-state index in [1.54, 1.807) is 41.5 Å². The lowest BCUT2D eigenvalue weighted by atomic mass is 9.90. The summed E-state index contributed by atoms with van der Waals surface area (Å²) in [5.41, 5.74) is 1.82. The van der Waals surface area contributed by atoms with Crippen LogP contribution in [0.4, 0.5) is 15.8 Å². The number of hydrogen-bond donors (Lipinski definition) is 0. The van der Waals surface area contributed by atoms with Crippen molar-refractivity contribution in [3.63, 3.8) is 0 Å². The van der Waals surface area contributed by atoms with Crippen molar-refractivity contribution < 1.29 is 23.6 Å². The van der Waals surface area contributed by atoms with Gasteiger partial charge in [-0.1, -0.05) is 31.2 Å². The third-order valence-corrected chi connectivity index (χ3v) is 6.59. The lowest BCUT2D eigenvalue weighted by Crippen LogP contribution is -2.37. The number of amides is 2. The van der Waals surface area contributed by atoms with Crippen molar-refractivity contribution in [2.24, 2.45) is 5.92 Å². The Morgan fingerprint density at radius 1 is 0.971 bits per heavy atom. The average Bonchev–Trinajstić information content (AvgIpc) is 3.36. The third kappa shape index (κ3) is 3.86. The van der Waals surface area contributed by atoms with Crippen LogP contribution in [0.3, 0.4) is 0 Å². The Labute approximate surface area is 205 Å². The first-order chi connectivity index (χ1) is 16.5. The number of carbonyl (C=O) groups excluding carboxylic acids is 2. The summed E-state index contributed by atoms with van der Waals surface area (Å²) in [4.78, 5) is 34.3. The molecule has 2 amide bonds. The maximum Gasteiger partial charge on any atom is 0.266 e. The second-order valence-electron chi connectivity index (χ2n) is 8.19. The quantitative estimate of drug-likeness (QED) is 0.402. The van der Waals surface area contributed by atoms with Crippen molar-refractivity contribution in [3.05, 3.63) is 88.6 Å². The molecule has 8 heteroatoms. The number of nitrogens with zero attached hydrogens (tertiary/aromatic N) is 2. The van der Waals surface area contributed by atoms with Crippen molar-refractivity contribution in [3.8, 4) is 5.75 Å². The number of carbonyl (C=O) groups is 2. The van der Waals surface area contributed by atoms with Gasteiger partial charge < -0.3 is 4.74 Å². The molecule has 34 heavy (non-hydrogen) atoms. The Hall–Kier alpha value is -3.23. The van der Waals surface area contributed by atoms with Crippen LogP contribution < -0.4 is 14.7 Å². The highest BCUT2D eigenvalue weighted by Gasteiger charge is 2.60. The molecule has 0 N–H and O–H groups in total. The fourth-order valence-corrected chi connectivity index (χ4v) is 4.81. The van der Waals surface area contributed by atoms with Crippen molar-refractivity contribution in [1.29, 1.82) is 0 Å². The van der Waals surface area contributed by atoms with Gasteiger partial charge in [0.1, 0.15) is 17.5 Å². The number of para-hydroxylation sites is 1. The topological polar surface area (TPSA) is 59.1 Å². The fourth-order valence-electron chi connectivity index (χ4n) is 4.41. The number of ether oxygens (including phenoxy) is 1. The molecule has 2 aliphatic rings. The molecule has 0 aromatic heterocycles. The van der Waals surface area contributed by atoms with Crippen molar-refractivity contribution in [2.75, 3.05) is 16.6 Å². The lowest BCUT2D eigenvalue weighted by molar-refractivity contribution is -0.126. The van der Waals surface area contributed by atoms with Crippen LogP contribution in [0, 0.1) is 11.7 Å². The number of imide groups is 1. The summed E-state index contributed by atoms with van der Waals surface area (Å²) in [6, 6.07) is 20.1. The smallest absolute Gasteiger partial charge is 0.266 e. The first kappa shape index (κ1) is 22.6. The van der Waals surface area contributed by atoms with E-state index in [4.69, 9.17) is 9.57 Å². The molecule has 0 aliphatic carbocycles. The number of hydrogen-bond acceptors (Lipinski definition) is 5. The standard InChI is InChI=1S/C26H22BrFN2O4/c1-2-14-33-19-11-9-17(10-12-19)29-25(31)22-23(16-8-13-21(28)20(27)15-16)30(34-24(22)26(29)32)18-6-4-3-5-7-18/h3-13,15,22-24H,2,14H2,1H3. The summed E-state index contributed by atoms with van der Waals surface area (Å²) in [6.07, 6.45) is -0.109. The summed E-state index contributed by atoms with van der Waals surface area (Å²) in [5.74, 6) is -1.32. The number of hydroxylamine groups is 1. The summed E-state index contributed by atoms with van der Waals surface area (Å²) in [6.45, 7) is 2.60. The molecule has 0 radical (unpaired) electrons. The molecular weight excluding hydrogens is 503 g/mol. The zero-order valence-electron chi connectivity index (χ0n) is 18.4. The summed E-state index contributed by atoms with van der Waals surface area (Å²) in [7, 11) is 0. The molecule has 6 nitrogen and oxygen atoms in total. The highest BCUT2D eigenvalue weighted by Crippen LogP contribution is 2.48. The predicted molar refractivity (Wildman–Crippen MR) is 129 cm³/mol. The van der Waals surface area contributed by atoms with Crippen LogP contribution in [-0.2, 0) is 14.4 Å². The second-order valence-corrected chi connectivity index (χ2v) is 9.04. The Balaban J connectivity index is 1.51. The van der Waals surface area contributed by atoms with Gasteiger partial charge in [0, 0.05) is 0 Å². The van der Waals surface area contributed by atoms with E-state index in [1.807, 2.05) is 37.3 Å². The van der Waals surface area contributed by atoms with Gasteiger partial charge in [-0.25, -0.2) is 14.4 Å². The third-order valence-electron chi connectivity index (χ3n) is 5.98. The summed E-state index contributed by atoms with van der Waals surface area (Å²) in [5, 5.41) is 1.59. The highest BCUT2D eigenvalue weighted by atomic mass is 79.9. The zero-order chi connectivity index (χ0) is 23.8. The van der Waals surface area contributed by atoms with Crippen LogP contribution in [0.15, 0.2) is 77.3 Å². The van der Waals surface area contributed by atoms with Crippen LogP contribution >= 0.6 is 15.9 Å². The fraction of sp³-hybridized carbons (Fsp3) is 0.231. The van der Waals surface area contributed by atoms with Crippen LogP contribution in [0.1, 0.15) is 24.9 Å². The first-order valence-electron chi connectivity index (χ1n) is 11.1. The number of rotatable bonds is 6. The molecule has 3 unspecified atom stereocenters. The van der Waals surface area contributed by atoms with Gasteiger partial charge in [0.25, 0.3) is 5.91 Å². The van der Waals surface area contributed by atoms with Crippen LogP contribution in [0.2, 0.25) is 0 Å². The minimum atomic E-state index is -0.988. The molecular formula is C26H22BrFN2O4. The normalized spacial score (nSPS) is 21.8. The van der Waals surface area contributed by atoms with Gasteiger partial charge in [-0.3, -0.25) is 14.4 Å². The molecule has 174 valence electrons. The van der Waals surface area contributed by atoms with Crippen molar-refractivity contribution in [1.82, 2.24) is 0 Å². The summed E-state index contributed by atoms with van der Waals surface area (Å²) < 4.78 is 19.9. The minimum Gasteiger partial charge on any atom is -0.494 e. The number of anilines is 2. The maximum atomic E-state index is 14.0. The van der Waals surface area contributed by atoms with Gasteiger partial charge in [-0.05, 0) is 76.4 Å². The molecule has 2 aliphatic heterocycles. The predicted octanol–water partition coefficient (Wildman–Crippen LogP) is 5.43. The lowest BCUT2D eigenvalue weighted by Gasteiger charge is -2.29. The van der Waals surface area contributed by atoms with E-state index in [1.165, 1.54) is 11.0 Å². The largest absolute Gasteiger partial charge is 0.494 e. The van der Waals surface area contributed by atoms with Crippen LogP contribution in [0.25, 0.3) is 0 Å². The molecule has 0 spiro atoms. The Kier molecular flexibility index (Phi) is 6.10. The van der Waals surface area contributed by atoms with Crippen LogP contribution in [0.5, 0.6) is 5.75 Å².